The van der Waals surface area contributed by atoms with Gasteiger partial charge in [-0.15, -0.1) is 0 Å². The van der Waals surface area contributed by atoms with E-state index in [1.165, 1.54) is 13.1 Å². The molecule has 1 aliphatic heterocycles. The van der Waals surface area contributed by atoms with Crippen molar-refractivity contribution in [3.05, 3.63) is 63.9 Å². The van der Waals surface area contributed by atoms with Gasteiger partial charge in [0.15, 0.2) is 0 Å². The van der Waals surface area contributed by atoms with Gasteiger partial charge in [0.25, 0.3) is 5.91 Å². The van der Waals surface area contributed by atoms with E-state index in [9.17, 15) is 19.2 Å². The van der Waals surface area contributed by atoms with E-state index < -0.39 is 17.1 Å². The fourth-order valence-corrected chi connectivity index (χ4v) is 4.96. The number of carbonyl (C=O) groups excluding carboxylic acids is 2. The number of amides is 2. The summed E-state index contributed by atoms with van der Waals surface area (Å²) in [6.07, 6.45) is 1.75. The summed E-state index contributed by atoms with van der Waals surface area (Å²) in [4.78, 5) is 28.4. The molecule has 0 bridgehead atoms. The molecule has 6 nitrogen and oxygen atoms in total. The molecule has 8 heteroatoms. The molecule has 1 heterocycles. The second-order valence-electron chi connectivity index (χ2n) is 9.71. The quantitative estimate of drug-likeness (QED) is 0.610. The molecule has 0 spiro atoms. The molecule has 0 unspecified atom stereocenters. The zero-order chi connectivity index (χ0) is 24.7. The van der Waals surface area contributed by atoms with Crippen LogP contribution in [0.5, 0.6) is 0 Å². The van der Waals surface area contributed by atoms with Crippen LogP contribution in [0.1, 0.15) is 54.1 Å². The smallest absolute Gasteiger partial charge is 0.253 e. The zero-order valence-corrected chi connectivity index (χ0v) is 20.3. The van der Waals surface area contributed by atoms with Crippen molar-refractivity contribution in [1.82, 2.24) is 10.2 Å². The molecule has 2 amide bonds. The zero-order valence-electron chi connectivity index (χ0n) is 19.5. The van der Waals surface area contributed by atoms with Crippen LogP contribution < -0.4 is 10.6 Å². The van der Waals surface area contributed by atoms with Crippen LogP contribution in [0.25, 0.3) is 0 Å². The van der Waals surface area contributed by atoms with Gasteiger partial charge in [-0.3, -0.25) is 14.5 Å². The first-order valence-electron chi connectivity index (χ1n) is 11.4. The van der Waals surface area contributed by atoms with Crippen molar-refractivity contribution >= 4 is 29.1 Å². The first kappa shape index (κ1) is 24.2. The summed E-state index contributed by atoms with van der Waals surface area (Å²) < 4.78 is 14.3. The lowest BCUT2D eigenvalue weighted by molar-refractivity contribution is -0.128. The monoisotopic (exact) mass is 482 g/mol. The summed E-state index contributed by atoms with van der Waals surface area (Å²) in [6.45, 7) is 5.66. The van der Waals surface area contributed by atoms with Crippen LogP contribution in [-0.2, 0) is 10.2 Å². The second kappa shape index (κ2) is 9.01. The maximum atomic E-state index is 14.3. The molecule has 2 fully saturated rings. The molecule has 0 radical (unpaired) electrons. The Balaban J connectivity index is 1.70. The minimum Gasteiger partial charge on any atom is -0.355 e. The molecule has 2 aromatic rings. The van der Waals surface area contributed by atoms with Crippen LogP contribution in [0.3, 0.4) is 0 Å². The van der Waals surface area contributed by atoms with E-state index in [2.05, 4.69) is 35.5 Å². The maximum absolute atomic E-state index is 14.3. The Bertz CT molecular complexity index is 1180. The van der Waals surface area contributed by atoms with Gasteiger partial charge in [0.1, 0.15) is 5.82 Å². The van der Waals surface area contributed by atoms with Crippen LogP contribution in [0.2, 0.25) is 5.02 Å². The standard InChI is InChI=1S/C26H28ClFN4O2/c1-16(2)17-6-4-5-7-19(17)26(14-32(15-26)13-25(12-29)8-9-25)24(34)31-22-11-21(28)20(27)10-18(22)23(33)30-3/h4-7,10-11,16H,8-9,13-15H2,1-3H3,(H,30,33)(H,31,34). The van der Waals surface area contributed by atoms with Crippen LogP contribution in [0.4, 0.5) is 10.1 Å². The van der Waals surface area contributed by atoms with E-state index in [-0.39, 0.29) is 33.5 Å². The summed E-state index contributed by atoms with van der Waals surface area (Å²) in [5, 5.41) is 14.6. The van der Waals surface area contributed by atoms with E-state index in [1.807, 2.05) is 24.3 Å². The molecule has 0 atom stereocenters. The molecule has 2 aliphatic rings. The van der Waals surface area contributed by atoms with Crippen molar-refractivity contribution in [2.24, 2.45) is 5.41 Å². The number of nitriles is 1. The number of rotatable bonds is 7. The Morgan fingerprint density at radius 3 is 2.50 bits per heavy atom. The van der Waals surface area contributed by atoms with Crippen LogP contribution in [0.15, 0.2) is 36.4 Å². The number of nitrogens with zero attached hydrogens (tertiary/aromatic N) is 2. The molecule has 2 N–H and O–H groups in total. The molecule has 178 valence electrons. The van der Waals surface area contributed by atoms with E-state index in [1.54, 1.807) is 0 Å². The fourth-order valence-electron chi connectivity index (χ4n) is 4.80. The van der Waals surface area contributed by atoms with Gasteiger partial charge < -0.3 is 10.6 Å². The van der Waals surface area contributed by atoms with Crippen molar-refractivity contribution in [2.45, 2.75) is 38.0 Å². The number of benzene rings is 2. The second-order valence-corrected chi connectivity index (χ2v) is 10.1. The summed E-state index contributed by atoms with van der Waals surface area (Å²) in [6, 6.07) is 12.6. The van der Waals surface area contributed by atoms with Crippen LogP contribution >= 0.6 is 11.6 Å². The lowest BCUT2D eigenvalue weighted by atomic mass is 9.69. The van der Waals surface area contributed by atoms with Gasteiger partial charge in [0.2, 0.25) is 5.91 Å². The third-order valence-corrected chi connectivity index (χ3v) is 7.21. The van der Waals surface area contributed by atoms with Crippen molar-refractivity contribution in [3.8, 4) is 6.07 Å². The number of hydrogen-bond donors (Lipinski definition) is 2. The van der Waals surface area contributed by atoms with Gasteiger partial charge in [-0.1, -0.05) is 49.7 Å². The summed E-state index contributed by atoms with van der Waals surface area (Å²) in [5.74, 6) is -1.32. The molecule has 4 rings (SSSR count). The molecular weight excluding hydrogens is 455 g/mol. The van der Waals surface area contributed by atoms with Gasteiger partial charge in [-0.05, 0) is 42.0 Å². The summed E-state index contributed by atoms with van der Waals surface area (Å²) >= 11 is 5.90. The first-order valence-corrected chi connectivity index (χ1v) is 11.8. The highest BCUT2D eigenvalue weighted by atomic mass is 35.5. The highest BCUT2D eigenvalue weighted by Gasteiger charge is 2.55. The van der Waals surface area contributed by atoms with Gasteiger partial charge >= 0.3 is 0 Å². The topological polar surface area (TPSA) is 85.2 Å². The minimum atomic E-state index is -0.886. The molecule has 34 heavy (non-hydrogen) atoms. The predicted molar refractivity (Wildman–Crippen MR) is 129 cm³/mol. The Morgan fingerprint density at radius 2 is 1.91 bits per heavy atom. The van der Waals surface area contributed by atoms with E-state index >= 15 is 0 Å². The average molecular weight is 483 g/mol. The fraction of sp³-hybridized carbons (Fsp3) is 0.423. The highest BCUT2D eigenvalue weighted by molar-refractivity contribution is 6.31. The van der Waals surface area contributed by atoms with Gasteiger partial charge in [0, 0.05) is 26.7 Å². The molecule has 2 aromatic carbocycles. The largest absolute Gasteiger partial charge is 0.355 e. The molecule has 1 saturated heterocycles. The molecule has 1 saturated carbocycles. The normalized spacial score (nSPS) is 18.0. The molecule has 0 aromatic heterocycles. The average Bonchev–Trinajstić information content (AvgIpc) is 3.57. The molecule has 1 aliphatic carbocycles. The van der Waals surface area contributed by atoms with Gasteiger partial charge in [-0.2, -0.15) is 5.26 Å². The maximum Gasteiger partial charge on any atom is 0.253 e. The number of nitrogens with one attached hydrogen (secondary N) is 2. The number of halogens is 2. The van der Waals surface area contributed by atoms with Crippen molar-refractivity contribution in [2.75, 3.05) is 32.0 Å². The minimum absolute atomic E-state index is 0.0711. The lowest BCUT2D eigenvalue weighted by Gasteiger charge is -2.50. The number of anilines is 1. The highest BCUT2D eigenvalue weighted by Crippen LogP contribution is 2.49. The Morgan fingerprint density at radius 1 is 1.24 bits per heavy atom. The Labute approximate surface area is 204 Å². The number of likely N-dealkylation sites (tertiary alicyclic amines) is 1. The lowest BCUT2D eigenvalue weighted by Crippen LogP contribution is -2.66. The molecular formula is C26H28ClFN4O2. The van der Waals surface area contributed by atoms with E-state index in [4.69, 9.17) is 11.6 Å². The van der Waals surface area contributed by atoms with Crippen LogP contribution in [0, 0.1) is 22.6 Å². The first-order chi connectivity index (χ1) is 16.1. The van der Waals surface area contributed by atoms with E-state index in [0.29, 0.717) is 19.6 Å². The van der Waals surface area contributed by atoms with Crippen molar-refractivity contribution in [1.29, 1.82) is 5.26 Å². The third kappa shape index (κ3) is 4.28. The van der Waals surface area contributed by atoms with Crippen molar-refractivity contribution < 1.29 is 14.0 Å². The summed E-state index contributed by atoms with van der Waals surface area (Å²) in [7, 11) is 1.46. The Kier molecular flexibility index (Phi) is 6.41. The van der Waals surface area contributed by atoms with E-state index in [0.717, 1.165) is 30.0 Å². The number of carbonyl (C=O) groups is 2. The predicted octanol–water partition coefficient (Wildman–Crippen LogP) is 4.46. The van der Waals surface area contributed by atoms with Gasteiger partial charge in [-0.25, -0.2) is 4.39 Å². The summed E-state index contributed by atoms with van der Waals surface area (Å²) in [5.41, 5.74) is 0.937. The Hall–Kier alpha value is -2.95. The van der Waals surface area contributed by atoms with Crippen LogP contribution in [-0.4, -0.2) is 43.4 Å². The SMILES string of the molecule is CNC(=O)c1cc(Cl)c(F)cc1NC(=O)C1(c2ccccc2C(C)C)CN(CC2(C#N)CC2)C1. The van der Waals surface area contributed by atoms with Gasteiger partial charge in [0.05, 0.1) is 33.2 Å². The third-order valence-electron chi connectivity index (χ3n) is 6.92. The number of hydrogen-bond acceptors (Lipinski definition) is 4. The van der Waals surface area contributed by atoms with Crippen molar-refractivity contribution in [3.63, 3.8) is 0 Å².